The summed E-state index contributed by atoms with van der Waals surface area (Å²) < 4.78 is 11.1. The zero-order valence-corrected chi connectivity index (χ0v) is 30.3. The van der Waals surface area contributed by atoms with E-state index in [0.29, 0.717) is 12.8 Å². The Hall–Kier alpha value is -0.500. The number of carbonyl (C=O) groups excluding carboxylic acids is 1. The third kappa shape index (κ3) is 20.7. The highest BCUT2D eigenvalue weighted by molar-refractivity contribution is 7.80. The Morgan fingerprint density at radius 2 is 1.21 bits per heavy atom. The number of carbonyl (C=O) groups is 1. The van der Waals surface area contributed by atoms with Gasteiger partial charge in [0.1, 0.15) is 30.5 Å². The minimum Gasteiger partial charge on any atom is -0.394 e. The first-order valence-corrected chi connectivity index (χ1v) is 19.6. The predicted octanol–water partition coefficient (Wildman–Crippen LogP) is 4.93. The summed E-state index contributed by atoms with van der Waals surface area (Å²) >= 11 is 4.25. The van der Waals surface area contributed by atoms with Gasteiger partial charge in [-0.3, -0.25) is 4.79 Å². The van der Waals surface area contributed by atoms with Gasteiger partial charge in [-0.05, 0) is 25.0 Å². The van der Waals surface area contributed by atoms with Gasteiger partial charge >= 0.3 is 0 Å². The van der Waals surface area contributed by atoms with Gasteiger partial charge in [-0.1, -0.05) is 129 Å². The number of unbranched alkanes of at least 4 members (excludes halogenated alkanes) is 19. The van der Waals surface area contributed by atoms with Crippen molar-refractivity contribution in [1.82, 2.24) is 5.32 Å². The van der Waals surface area contributed by atoms with Crippen LogP contribution in [-0.4, -0.2) is 104 Å². The smallest absolute Gasteiger partial charge is 0.220 e. The summed E-state index contributed by atoms with van der Waals surface area (Å²) in [5.74, 6) is 0.675. The largest absolute Gasteiger partial charge is 0.394 e. The molecule has 1 amide bonds. The van der Waals surface area contributed by atoms with Gasteiger partial charge in [0.25, 0.3) is 0 Å². The Labute approximate surface area is 290 Å². The first kappa shape index (κ1) is 44.5. The second kappa shape index (κ2) is 29.3. The van der Waals surface area contributed by atoms with Gasteiger partial charge in [0.2, 0.25) is 5.91 Å². The van der Waals surface area contributed by atoms with Gasteiger partial charge < -0.3 is 45.4 Å². The van der Waals surface area contributed by atoms with Crippen LogP contribution in [0.5, 0.6) is 0 Å². The van der Waals surface area contributed by atoms with Gasteiger partial charge in [-0.2, -0.15) is 12.6 Å². The summed E-state index contributed by atoms with van der Waals surface area (Å²) in [7, 11) is 0. The fourth-order valence-corrected chi connectivity index (χ4v) is 6.40. The second-order valence-corrected chi connectivity index (χ2v) is 14.0. The molecule has 1 aliphatic rings. The molecule has 1 rings (SSSR count). The topological polar surface area (TPSA) is 169 Å². The fourth-order valence-electron chi connectivity index (χ4n) is 6.18. The lowest BCUT2D eigenvalue weighted by Crippen LogP contribution is -2.60. The van der Waals surface area contributed by atoms with Crippen LogP contribution in [0.4, 0.5) is 0 Å². The summed E-state index contributed by atoms with van der Waals surface area (Å²) in [6.45, 7) is 1.33. The highest BCUT2D eigenvalue weighted by Gasteiger charge is 2.44. The van der Waals surface area contributed by atoms with Crippen LogP contribution in [0.2, 0.25) is 0 Å². The van der Waals surface area contributed by atoms with E-state index in [4.69, 9.17) is 9.47 Å². The van der Waals surface area contributed by atoms with E-state index in [1.807, 2.05) is 0 Å². The van der Waals surface area contributed by atoms with Gasteiger partial charge in [0.05, 0.1) is 25.4 Å². The molecule has 0 aromatic carbocycles. The number of amides is 1. The number of nitrogens with one attached hydrogen (secondary N) is 1. The quantitative estimate of drug-likeness (QED) is 0.0371. The molecule has 1 heterocycles. The van der Waals surface area contributed by atoms with Crippen molar-refractivity contribution in [3.63, 3.8) is 0 Å². The second-order valence-electron chi connectivity index (χ2n) is 13.6. The number of aliphatic hydroxyl groups excluding tert-OH is 6. The molecule has 47 heavy (non-hydrogen) atoms. The molecule has 7 N–H and O–H groups in total. The Bertz CT molecular complexity index is 735. The Balaban J connectivity index is 2.50. The zero-order valence-electron chi connectivity index (χ0n) is 29.4. The van der Waals surface area contributed by atoms with E-state index in [1.165, 1.54) is 77.0 Å². The van der Waals surface area contributed by atoms with Crippen molar-refractivity contribution in [2.45, 2.75) is 204 Å². The van der Waals surface area contributed by atoms with Crippen molar-refractivity contribution < 1.29 is 44.9 Å². The minimum absolute atomic E-state index is 0.268. The predicted molar refractivity (Wildman–Crippen MR) is 189 cm³/mol. The van der Waals surface area contributed by atoms with Crippen LogP contribution in [0.15, 0.2) is 0 Å². The van der Waals surface area contributed by atoms with Gasteiger partial charge in [-0.25, -0.2) is 0 Å². The third-order valence-corrected chi connectivity index (χ3v) is 9.67. The lowest BCUT2D eigenvalue weighted by Gasteiger charge is -2.40. The molecule has 1 fully saturated rings. The van der Waals surface area contributed by atoms with E-state index in [1.54, 1.807) is 0 Å². The molecule has 11 heteroatoms. The monoisotopic (exact) mass is 693 g/mol. The maximum atomic E-state index is 12.8. The molecular weight excluding hydrogens is 622 g/mol. The maximum absolute atomic E-state index is 12.8. The molecule has 280 valence electrons. The molecule has 8 atom stereocenters. The van der Waals surface area contributed by atoms with Gasteiger partial charge in [0.15, 0.2) is 6.29 Å². The minimum atomic E-state index is -1.60. The summed E-state index contributed by atoms with van der Waals surface area (Å²) in [6.07, 6.45) is 15.2. The van der Waals surface area contributed by atoms with Crippen LogP contribution in [0, 0.1) is 0 Å². The average Bonchev–Trinajstić information content (AvgIpc) is 3.07. The van der Waals surface area contributed by atoms with Crippen molar-refractivity contribution in [2.75, 3.05) is 19.0 Å². The van der Waals surface area contributed by atoms with E-state index in [9.17, 15) is 35.4 Å². The number of hydrogen-bond donors (Lipinski definition) is 8. The lowest BCUT2D eigenvalue weighted by molar-refractivity contribution is -0.303. The maximum Gasteiger partial charge on any atom is 0.220 e. The van der Waals surface area contributed by atoms with Crippen LogP contribution >= 0.6 is 12.6 Å². The van der Waals surface area contributed by atoms with Gasteiger partial charge in [0, 0.05) is 6.42 Å². The van der Waals surface area contributed by atoms with Crippen LogP contribution in [-0.2, 0) is 14.3 Å². The molecule has 0 aromatic heterocycles. The van der Waals surface area contributed by atoms with E-state index < -0.39 is 55.6 Å². The molecule has 0 bridgehead atoms. The molecule has 1 aliphatic heterocycles. The fraction of sp³-hybridized carbons (Fsp3) is 0.972. The zero-order chi connectivity index (χ0) is 34.7. The molecule has 0 spiro atoms. The van der Waals surface area contributed by atoms with E-state index >= 15 is 0 Å². The van der Waals surface area contributed by atoms with Crippen molar-refractivity contribution in [2.24, 2.45) is 0 Å². The van der Waals surface area contributed by atoms with Crippen LogP contribution < -0.4 is 5.32 Å². The highest BCUT2D eigenvalue weighted by atomic mass is 32.1. The normalized spacial score (nSPS) is 23.4. The summed E-state index contributed by atoms with van der Waals surface area (Å²) in [6, 6.07) is -0.987. The molecule has 0 aliphatic carbocycles. The standard InChI is InChI=1S/C36H71NO9S/c1-2-3-4-5-6-7-8-9-11-14-17-20-23-29(39)32(41)28(27-45-36-35(44)34(43)33(42)30(26-38)46-36)37-31(40)24-21-18-15-12-10-13-16-19-22-25-47/h28-30,32-36,38-39,41-44,47H,2-27H2,1H3,(H,37,40)/t28?,29-,30?,32+,33+,34+,35-,36+/m1/s1. The number of thiol groups is 1. The molecule has 1 saturated heterocycles. The number of aliphatic hydroxyl groups is 6. The van der Waals surface area contributed by atoms with E-state index in [-0.39, 0.29) is 18.9 Å². The van der Waals surface area contributed by atoms with E-state index in [2.05, 4.69) is 24.9 Å². The molecule has 0 radical (unpaired) electrons. The number of rotatable bonds is 31. The molecule has 2 unspecified atom stereocenters. The Morgan fingerprint density at radius 1 is 0.723 bits per heavy atom. The average molecular weight is 694 g/mol. The summed E-state index contributed by atoms with van der Waals surface area (Å²) in [5.41, 5.74) is 0. The SMILES string of the molecule is CCCCCCCCCCCCCC[C@@H](O)[C@@H](O)C(CO[C@H]1OC(CO)[C@H](O)[C@H](O)[C@H]1O)NC(=O)CCCCCCCCCCCS. The first-order chi connectivity index (χ1) is 22.8. The number of hydrogen-bond acceptors (Lipinski definition) is 10. The lowest BCUT2D eigenvalue weighted by atomic mass is 9.98. The summed E-state index contributed by atoms with van der Waals surface area (Å²) in [5, 5.41) is 64.7. The van der Waals surface area contributed by atoms with Crippen molar-refractivity contribution >= 4 is 18.5 Å². The van der Waals surface area contributed by atoms with E-state index in [0.717, 1.165) is 57.1 Å². The van der Waals surface area contributed by atoms with Crippen molar-refractivity contribution in [3.05, 3.63) is 0 Å². The molecule has 0 saturated carbocycles. The van der Waals surface area contributed by atoms with Crippen LogP contribution in [0.25, 0.3) is 0 Å². The Morgan fingerprint density at radius 3 is 1.72 bits per heavy atom. The van der Waals surface area contributed by atoms with Crippen molar-refractivity contribution in [3.8, 4) is 0 Å². The Kier molecular flexibility index (Phi) is 27.7. The highest BCUT2D eigenvalue weighted by Crippen LogP contribution is 2.23. The number of ether oxygens (including phenoxy) is 2. The van der Waals surface area contributed by atoms with Crippen LogP contribution in [0.1, 0.15) is 155 Å². The molecular formula is C36H71NO9S. The molecule has 0 aromatic rings. The van der Waals surface area contributed by atoms with Crippen LogP contribution in [0.3, 0.4) is 0 Å². The van der Waals surface area contributed by atoms with Gasteiger partial charge in [-0.15, -0.1) is 0 Å². The first-order valence-electron chi connectivity index (χ1n) is 18.9. The third-order valence-electron chi connectivity index (χ3n) is 9.36. The summed E-state index contributed by atoms with van der Waals surface area (Å²) in [4.78, 5) is 12.8. The van der Waals surface area contributed by atoms with Crippen molar-refractivity contribution in [1.29, 1.82) is 0 Å². The molecule has 10 nitrogen and oxygen atoms in total.